The highest BCUT2D eigenvalue weighted by Gasteiger charge is 2.20. The molecule has 1 amide bonds. The van der Waals surface area contributed by atoms with Crippen molar-refractivity contribution >= 4 is 29.2 Å². The number of hydrogen-bond donors (Lipinski definition) is 2. The predicted octanol–water partition coefficient (Wildman–Crippen LogP) is 3.81. The number of carboxylic acids is 1. The lowest BCUT2D eigenvalue weighted by atomic mass is 9.93. The first-order valence-corrected chi connectivity index (χ1v) is 7.05. The van der Waals surface area contributed by atoms with Crippen molar-refractivity contribution in [3.8, 4) is 0 Å². The lowest BCUT2D eigenvalue weighted by Crippen LogP contribution is -2.19. The van der Waals surface area contributed by atoms with Gasteiger partial charge in [0.25, 0.3) is 0 Å². The van der Waals surface area contributed by atoms with Crippen molar-refractivity contribution in [2.45, 2.75) is 33.1 Å². The number of aliphatic carboxylic acids is 1. The summed E-state index contributed by atoms with van der Waals surface area (Å²) < 4.78 is 0. The molecule has 0 saturated carbocycles. The molecule has 0 aliphatic heterocycles. The molecule has 0 aliphatic rings. The van der Waals surface area contributed by atoms with Crippen LogP contribution >= 0.6 is 11.6 Å². The Morgan fingerprint density at radius 1 is 1.30 bits per heavy atom. The molecule has 5 heteroatoms. The van der Waals surface area contributed by atoms with Crippen LogP contribution in [-0.4, -0.2) is 17.0 Å². The van der Waals surface area contributed by atoms with Crippen LogP contribution in [0.3, 0.4) is 0 Å². The van der Waals surface area contributed by atoms with Crippen LogP contribution in [0.1, 0.15) is 33.1 Å². The Bertz CT molecular complexity index is 474. The normalized spacial score (nSPS) is 12.2. The summed E-state index contributed by atoms with van der Waals surface area (Å²) in [7, 11) is 0. The third-order valence-corrected chi connectivity index (χ3v) is 3.30. The van der Waals surface area contributed by atoms with Crippen molar-refractivity contribution < 1.29 is 14.7 Å². The van der Waals surface area contributed by atoms with Crippen LogP contribution in [-0.2, 0) is 9.59 Å². The van der Waals surface area contributed by atoms with Gasteiger partial charge in [-0.15, -0.1) is 0 Å². The second-order valence-corrected chi connectivity index (χ2v) is 5.64. The van der Waals surface area contributed by atoms with Gasteiger partial charge in [-0.05, 0) is 30.9 Å². The van der Waals surface area contributed by atoms with Gasteiger partial charge in [0.05, 0.1) is 16.6 Å². The zero-order chi connectivity index (χ0) is 15.1. The Balaban J connectivity index is 2.50. The summed E-state index contributed by atoms with van der Waals surface area (Å²) in [4.78, 5) is 22.9. The Kier molecular flexibility index (Phi) is 6.52. The third kappa shape index (κ3) is 5.61. The van der Waals surface area contributed by atoms with E-state index in [-0.39, 0.29) is 12.3 Å². The smallest absolute Gasteiger partial charge is 0.306 e. The number of carbonyl (C=O) groups excluding carboxylic acids is 1. The zero-order valence-corrected chi connectivity index (χ0v) is 12.5. The highest BCUT2D eigenvalue weighted by Crippen LogP contribution is 2.22. The predicted molar refractivity (Wildman–Crippen MR) is 79.9 cm³/mol. The van der Waals surface area contributed by atoms with E-state index in [0.717, 1.165) is 0 Å². The topological polar surface area (TPSA) is 66.4 Å². The van der Waals surface area contributed by atoms with Gasteiger partial charge in [-0.2, -0.15) is 0 Å². The number of halogens is 1. The van der Waals surface area contributed by atoms with Crippen LogP contribution in [0.2, 0.25) is 5.02 Å². The fraction of sp³-hybridized carbons (Fsp3) is 0.467. The molecule has 2 N–H and O–H groups in total. The van der Waals surface area contributed by atoms with Crippen molar-refractivity contribution in [2.75, 3.05) is 5.32 Å². The zero-order valence-electron chi connectivity index (χ0n) is 11.7. The quantitative estimate of drug-likeness (QED) is 0.804. The first-order valence-electron chi connectivity index (χ1n) is 6.67. The number of rotatable bonds is 7. The van der Waals surface area contributed by atoms with E-state index in [2.05, 4.69) is 5.32 Å². The van der Waals surface area contributed by atoms with E-state index in [1.165, 1.54) is 0 Å². The Hall–Kier alpha value is -1.55. The summed E-state index contributed by atoms with van der Waals surface area (Å²) in [6.45, 7) is 3.94. The van der Waals surface area contributed by atoms with E-state index < -0.39 is 11.9 Å². The van der Waals surface area contributed by atoms with Crippen molar-refractivity contribution in [3.63, 3.8) is 0 Å². The van der Waals surface area contributed by atoms with Crippen molar-refractivity contribution in [1.29, 1.82) is 0 Å². The molecule has 0 aliphatic carbocycles. The summed E-state index contributed by atoms with van der Waals surface area (Å²) in [5, 5.41) is 12.3. The minimum absolute atomic E-state index is 0.176. The summed E-state index contributed by atoms with van der Waals surface area (Å²) in [5.74, 6) is -1.24. The molecule has 20 heavy (non-hydrogen) atoms. The van der Waals surface area contributed by atoms with E-state index in [0.29, 0.717) is 29.5 Å². The lowest BCUT2D eigenvalue weighted by Gasteiger charge is -2.14. The highest BCUT2D eigenvalue weighted by atomic mass is 35.5. The van der Waals surface area contributed by atoms with Gasteiger partial charge in [-0.25, -0.2) is 0 Å². The fourth-order valence-corrected chi connectivity index (χ4v) is 2.17. The van der Waals surface area contributed by atoms with Crippen LogP contribution < -0.4 is 5.32 Å². The molecular weight excluding hydrogens is 278 g/mol. The number of carboxylic acid groups (broad SMARTS) is 1. The maximum Gasteiger partial charge on any atom is 0.306 e. The van der Waals surface area contributed by atoms with Crippen molar-refractivity contribution in [1.82, 2.24) is 0 Å². The van der Waals surface area contributed by atoms with E-state index >= 15 is 0 Å². The first kappa shape index (κ1) is 16.5. The maximum absolute atomic E-state index is 11.8. The highest BCUT2D eigenvalue weighted by molar-refractivity contribution is 6.33. The van der Waals surface area contributed by atoms with Gasteiger partial charge in [0.15, 0.2) is 0 Å². The number of nitrogens with one attached hydrogen (secondary N) is 1. The van der Waals surface area contributed by atoms with Gasteiger partial charge in [0, 0.05) is 6.42 Å². The van der Waals surface area contributed by atoms with Gasteiger partial charge < -0.3 is 10.4 Å². The van der Waals surface area contributed by atoms with Crippen LogP contribution in [0, 0.1) is 11.8 Å². The molecule has 1 aromatic rings. The second kappa shape index (κ2) is 7.90. The molecule has 0 unspecified atom stereocenters. The molecule has 0 spiro atoms. The molecule has 0 radical (unpaired) electrons. The summed E-state index contributed by atoms with van der Waals surface area (Å²) in [6, 6.07) is 6.96. The minimum Gasteiger partial charge on any atom is -0.481 e. The molecule has 4 nitrogen and oxygen atoms in total. The lowest BCUT2D eigenvalue weighted by molar-refractivity contribution is -0.142. The molecule has 110 valence electrons. The second-order valence-electron chi connectivity index (χ2n) is 5.23. The fourth-order valence-electron chi connectivity index (χ4n) is 1.99. The average Bonchev–Trinajstić information content (AvgIpc) is 2.36. The third-order valence-electron chi connectivity index (χ3n) is 2.97. The average molecular weight is 298 g/mol. The molecule has 0 fully saturated rings. The molecular formula is C15H20ClNO3. The van der Waals surface area contributed by atoms with E-state index in [1.54, 1.807) is 24.3 Å². The van der Waals surface area contributed by atoms with Crippen molar-refractivity contribution in [2.24, 2.45) is 11.8 Å². The monoisotopic (exact) mass is 297 g/mol. The van der Waals surface area contributed by atoms with Gasteiger partial charge in [-0.3, -0.25) is 9.59 Å². The Morgan fingerprint density at radius 2 is 1.95 bits per heavy atom. The Labute approximate surface area is 124 Å². The SMILES string of the molecule is CC(C)C[C@H](CCC(=O)Nc1ccccc1Cl)C(=O)O. The van der Waals surface area contributed by atoms with Crippen molar-refractivity contribution in [3.05, 3.63) is 29.3 Å². The van der Waals surface area contributed by atoms with Crippen LogP contribution in [0.15, 0.2) is 24.3 Å². The van der Waals surface area contributed by atoms with Crippen LogP contribution in [0.5, 0.6) is 0 Å². The van der Waals surface area contributed by atoms with E-state index in [4.69, 9.17) is 16.7 Å². The largest absolute Gasteiger partial charge is 0.481 e. The van der Waals surface area contributed by atoms with Gasteiger partial charge in [-0.1, -0.05) is 37.6 Å². The number of anilines is 1. The summed E-state index contributed by atoms with van der Waals surface area (Å²) >= 11 is 5.94. The number of amides is 1. The summed E-state index contributed by atoms with van der Waals surface area (Å²) in [6.07, 6.45) is 1.09. The van der Waals surface area contributed by atoms with Crippen LogP contribution in [0.25, 0.3) is 0 Å². The number of carbonyl (C=O) groups is 2. The number of benzene rings is 1. The standard InChI is InChI=1S/C15H20ClNO3/c1-10(2)9-11(15(19)20)7-8-14(18)17-13-6-4-3-5-12(13)16/h3-6,10-11H,7-9H2,1-2H3,(H,17,18)(H,19,20)/t11-/m0/s1. The Morgan fingerprint density at radius 3 is 2.50 bits per heavy atom. The van der Waals surface area contributed by atoms with Gasteiger partial charge in [0.1, 0.15) is 0 Å². The van der Waals surface area contributed by atoms with Gasteiger partial charge >= 0.3 is 5.97 Å². The number of para-hydroxylation sites is 1. The molecule has 1 atom stereocenters. The van der Waals surface area contributed by atoms with E-state index in [1.807, 2.05) is 13.8 Å². The molecule has 1 rings (SSSR count). The molecule has 0 saturated heterocycles. The van der Waals surface area contributed by atoms with E-state index in [9.17, 15) is 9.59 Å². The number of hydrogen-bond acceptors (Lipinski definition) is 2. The van der Waals surface area contributed by atoms with Crippen LogP contribution in [0.4, 0.5) is 5.69 Å². The van der Waals surface area contributed by atoms with Gasteiger partial charge in [0.2, 0.25) is 5.91 Å². The maximum atomic E-state index is 11.8. The molecule has 0 aromatic heterocycles. The minimum atomic E-state index is -0.843. The first-order chi connectivity index (χ1) is 9.40. The summed E-state index contributed by atoms with van der Waals surface area (Å²) in [5.41, 5.74) is 0.551. The molecule has 1 aromatic carbocycles. The molecule has 0 bridgehead atoms. The molecule has 0 heterocycles.